The summed E-state index contributed by atoms with van der Waals surface area (Å²) in [5, 5.41) is 4.56. The molecule has 0 aliphatic carbocycles. The van der Waals surface area contributed by atoms with Crippen molar-refractivity contribution < 1.29 is 4.79 Å². The third-order valence-corrected chi connectivity index (χ3v) is 2.67. The Hall–Kier alpha value is -2.44. The van der Waals surface area contributed by atoms with Gasteiger partial charge in [0.2, 0.25) is 0 Å². The minimum absolute atomic E-state index is 0.276. The van der Waals surface area contributed by atoms with Crippen molar-refractivity contribution in [3.63, 3.8) is 0 Å². The molecule has 0 saturated carbocycles. The van der Waals surface area contributed by atoms with Crippen LogP contribution in [0.3, 0.4) is 0 Å². The highest BCUT2D eigenvalue weighted by Gasteiger charge is 2.19. The standard InChI is InChI=1S/C13H17N5O2/c1-5-6-10(19)16-17-8-14-11-9(12(17)20)7-15-18(11)13(2,3)4/h5-8H,1-4H3,(H,16,19). The van der Waals surface area contributed by atoms with Crippen LogP contribution in [0.25, 0.3) is 11.0 Å². The molecule has 106 valence electrons. The first-order chi connectivity index (χ1) is 9.34. The maximum absolute atomic E-state index is 12.2. The summed E-state index contributed by atoms with van der Waals surface area (Å²) in [7, 11) is 0. The van der Waals surface area contributed by atoms with Crippen LogP contribution in [0.1, 0.15) is 27.7 Å². The Morgan fingerprint density at radius 1 is 1.40 bits per heavy atom. The Labute approximate surface area is 115 Å². The van der Waals surface area contributed by atoms with Crippen LogP contribution in [-0.4, -0.2) is 25.3 Å². The van der Waals surface area contributed by atoms with Gasteiger partial charge in [-0.2, -0.15) is 5.10 Å². The molecule has 0 radical (unpaired) electrons. The molecule has 0 aliphatic heterocycles. The molecule has 7 heteroatoms. The molecule has 0 atom stereocenters. The van der Waals surface area contributed by atoms with Gasteiger partial charge in [-0.15, -0.1) is 0 Å². The van der Waals surface area contributed by atoms with Crippen molar-refractivity contribution in [2.75, 3.05) is 5.43 Å². The molecule has 2 aromatic heterocycles. The first kappa shape index (κ1) is 14.0. The lowest BCUT2D eigenvalue weighted by Crippen LogP contribution is -2.32. The smallest absolute Gasteiger partial charge is 0.268 e. The number of aromatic nitrogens is 4. The summed E-state index contributed by atoms with van der Waals surface area (Å²) in [6.45, 7) is 7.64. The zero-order valence-corrected chi connectivity index (χ0v) is 11.9. The van der Waals surface area contributed by atoms with Gasteiger partial charge in [-0.1, -0.05) is 6.08 Å². The molecule has 20 heavy (non-hydrogen) atoms. The molecule has 0 aromatic carbocycles. The average Bonchev–Trinajstić information content (AvgIpc) is 2.77. The predicted molar refractivity (Wildman–Crippen MR) is 76.0 cm³/mol. The summed E-state index contributed by atoms with van der Waals surface area (Å²) in [6.07, 6.45) is 5.67. The fourth-order valence-electron chi connectivity index (χ4n) is 1.79. The second-order valence-electron chi connectivity index (χ2n) is 5.36. The van der Waals surface area contributed by atoms with E-state index in [0.717, 1.165) is 4.68 Å². The highest BCUT2D eigenvalue weighted by molar-refractivity contribution is 5.94. The summed E-state index contributed by atoms with van der Waals surface area (Å²) in [5.74, 6) is -0.390. The third-order valence-electron chi connectivity index (χ3n) is 2.67. The number of carbonyl (C=O) groups excluding carboxylic acids is 1. The summed E-state index contributed by atoms with van der Waals surface area (Å²) < 4.78 is 2.74. The van der Waals surface area contributed by atoms with Gasteiger partial charge in [-0.3, -0.25) is 15.0 Å². The van der Waals surface area contributed by atoms with E-state index < -0.39 is 0 Å². The van der Waals surface area contributed by atoms with Crippen LogP contribution >= 0.6 is 0 Å². The van der Waals surface area contributed by atoms with Crippen LogP contribution in [0.2, 0.25) is 0 Å². The van der Waals surface area contributed by atoms with Gasteiger partial charge in [0.25, 0.3) is 11.5 Å². The minimum Gasteiger partial charge on any atom is -0.268 e. The predicted octanol–water partition coefficient (Wildman–Crippen LogP) is 0.994. The maximum atomic E-state index is 12.2. The van der Waals surface area contributed by atoms with E-state index in [-0.39, 0.29) is 17.0 Å². The van der Waals surface area contributed by atoms with Crippen molar-refractivity contribution >= 4 is 16.9 Å². The van der Waals surface area contributed by atoms with Gasteiger partial charge in [0.05, 0.1) is 11.7 Å². The van der Waals surface area contributed by atoms with E-state index >= 15 is 0 Å². The molecule has 2 rings (SSSR count). The number of amides is 1. The third kappa shape index (κ3) is 2.47. The highest BCUT2D eigenvalue weighted by atomic mass is 16.2. The van der Waals surface area contributed by atoms with E-state index in [0.29, 0.717) is 11.0 Å². The molecule has 0 aliphatic rings. The number of allylic oxidation sites excluding steroid dienone is 1. The number of nitrogens with zero attached hydrogens (tertiary/aromatic N) is 4. The SMILES string of the molecule is CC=CC(=O)Nn1cnc2c(cnn2C(C)(C)C)c1=O. The molecule has 2 heterocycles. The summed E-state index contributed by atoms with van der Waals surface area (Å²) in [6, 6.07) is 0. The topological polar surface area (TPSA) is 81.8 Å². The van der Waals surface area contributed by atoms with E-state index in [1.54, 1.807) is 17.7 Å². The fraction of sp³-hybridized carbons (Fsp3) is 0.385. The zero-order chi connectivity index (χ0) is 14.9. The highest BCUT2D eigenvalue weighted by Crippen LogP contribution is 2.17. The Balaban J connectivity index is 2.51. The number of nitrogens with one attached hydrogen (secondary N) is 1. The van der Waals surface area contributed by atoms with E-state index in [2.05, 4.69) is 15.5 Å². The zero-order valence-electron chi connectivity index (χ0n) is 11.9. The number of fused-ring (bicyclic) bond motifs is 1. The quantitative estimate of drug-likeness (QED) is 0.829. The molecule has 0 spiro atoms. The molecular formula is C13H17N5O2. The van der Waals surface area contributed by atoms with E-state index in [1.165, 1.54) is 18.6 Å². The van der Waals surface area contributed by atoms with Crippen LogP contribution in [0.5, 0.6) is 0 Å². The lowest BCUT2D eigenvalue weighted by atomic mass is 10.1. The van der Waals surface area contributed by atoms with Gasteiger partial charge in [-0.25, -0.2) is 14.3 Å². The van der Waals surface area contributed by atoms with Crippen molar-refractivity contribution in [3.8, 4) is 0 Å². The van der Waals surface area contributed by atoms with Crippen LogP contribution in [-0.2, 0) is 10.3 Å². The first-order valence-electron chi connectivity index (χ1n) is 6.24. The summed E-state index contributed by atoms with van der Waals surface area (Å²) in [5.41, 5.74) is 2.30. The molecule has 1 N–H and O–H groups in total. The normalized spacial score (nSPS) is 12.2. The number of hydrogen-bond donors (Lipinski definition) is 1. The maximum Gasteiger partial charge on any atom is 0.283 e. The fourth-order valence-corrected chi connectivity index (χ4v) is 1.79. The van der Waals surface area contributed by atoms with Crippen molar-refractivity contribution in [2.24, 2.45) is 0 Å². The van der Waals surface area contributed by atoms with Crippen LogP contribution in [0.4, 0.5) is 0 Å². The number of hydrogen-bond acceptors (Lipinski definition) is 4. The molecular weight excluding hydrogens is 258 g/mol. The van der Waals surface area contributed by atoms with Gasteiger partial charge in [0, 0.05) is 6.08 Å². The molecule has 0 fully saturated rings. The summed E-state index contributed by atoms with van der Waals surface area (Å²) in [4.78, 5) is 27.9. The molecule has 2 aromatic rings. The van der Waals surface area contributed by atoms with Gasteiger partial charge in [-0.05, 0) is 27.7 Å². The van der Waals surface area contributed by atoms with Crippen molar-refractivity contribution in [1.82, 2.24) is 19.4 Å². The van der Waals surface area contributed by atoms with Gasteiger partial charge in [0.1, 0.15) is 11.7 Å². The van der Waals surface area contributed by atoms with Crippen molar-refractivity contribution in [2.45, 2.75) is 33.2 Å². The van der Waals surface area contributed by atoms with Gasteiger partial charge >= 0.3 is 0 Å². The lowest BCUT2D eigenvalue weighted by Gasteiger charge is -2.19. The van der Waals surface area contributed by atoms with Crippen LogP contribution in [0.15, 0.2) is 29.5 Å². The second-order valence-corrected chi connectivity index (χ2v) is 5.36. The Morgan fingerprint density at radius 3 is 2.70 bits per heavy atom. The van der Waals surface area contributed by atoms with E-state index in [1.807, 2.05) is 20.8 Å². The van der Waals surface area contributed by atoms with Crippen LogP contribution < -0.4 is 11.0 Å². The van der Waals surface area contributed by atoms with Crippen LogP contribution in [0, 0.1) is 0 Å². The monoisotopic (exact) mass is 275 g/mol. The summed E-state index contributed by atoms with van der Waals surface area (Å²) >= 11 is 0. The average molecular weight is 275 g/mol. The number of carbonyl (C=O) groups is 1. The first-order valence-corrected chi connectivity index (χ1v) is 6.24. The second kappa shape index (κ2) is 4.92. The largest absolute Gasteiger partial charge is 0.283 e. The lowest BCUT2D eigenvalue weighted by molar-refractivity contribution is -0.112. The number of rotatable bonds is 2. The van der Waals surface area contributed by atoms with Crippen molar-refractivity contribution in [3.05, 3.63) is 35.0 Å². The Bertz CT molecular complexity index is 733. The Morgan fingerprint density at radius 2 is 2.10 bits per heavy atom. The minimum atomic E-state index is -0.390. The van der Waals surface area contributed by atoms with E-state index in [4.69, 9.17) is 0 Å². The Kier molecular flexibility index (Phi) is 3.44. The van der Waals surface area contributed by atoms with Gasteiger partial charge < -0.3 is 0 Å². The molecule has 0 bridgehead atoms. The molecule has 1 amide bonds. The molecule has 0 unspecified atom stereocenters. The van der Waals surface area contributed by atoms with Gasteiger partial charge in [0.15, 0.2) is 5.65 Å². The van der Waals surface area contributed by atoms with E-state index in [9.17, 15) is 9.59 Å². The molecule has 0 saturated heterocycles. The van der Waals surface area contributed by atoms with Crippen molar-refractivity contribution in [1.29, 1.82) is 0 Å². The molecule has 7 nitrogen and oxygen atoms in total.